The van der Waals surface area contributed by atoms with E-state index >= 15 is 0 Å². The zero-order valence-electron chi connectivity index (χ0n) is 15.1. The van der Waals surface area contributed by atoms with Crippen molar-refractivity contribution in [3.63, 3.8) is 0 Å². The molecule has 2 aromatic carbocycles. The van der Waals surface area contributed by atoms with E-state index in [1.54, 1.807) is 18.3 Å². The Bertz CT molecular complexity index is 1130. The SMILES string of the molecule is N#C/C(=C\c1cn[nH]c1-c1ccc(Br)cc1)C(=O)NCc1ccc2c(c1)OCO2. The average Bonchev–Trinajstić information content (AvgIpc) is 3.39. The number of nitrogens with one attached hydrogen (secondary N) is 2. The second-order valence-electron chi connectivity index (χ2n) is 6.25. The predicted molar refractivity (Wildman–Crippen MR) is 110 cm³/mol. The molecule has 1 aromatic heterocycles. The van der Waals surface area contributed by atoms with Crippen LogP contribution >= 0.6 is 15.9 Å². The molecule has 0 saturated heterocycles. The summed E-state index contributed by atoms with van der Waals surface area (Å²) in [6, 6.07) is 15.1. The van der Waals surface area contributed by atoms with Crippen LogP contribution in [0.2, 0.25) is 0 Å². The molecule has 0 radical (unpaired) electrons. The maximum Gasteiger partial charge on any atom is 0.262 e. The number of H-pyrrole nitrogens is 1. The van der Waals surface area contributed by atoms with Crippen molar-refractivity contribution < 1.29 is 14.3 Å². The van der Waals surface area contributed by atoms with Crippen LogP contribution in [0.25, 0.3) is 17.3 Å². The topological polar surface area (TPSA) is 100 Å². The van der Waals surface area contributed by atoms with Gasteiger partial charge in [-0.3, -0.25) is 9.89 Å². The lowest BCUT2D eigenvalue weighted by Crippen LogP contribution is -2.23. The Morgan fingerprint density at radius 2 is 2.03 bits per heavy atom. The van der Waals surface area contributed by atoms with E-state index in [0.717, 1.165) is 21.3 Å². The van der Waals surface area contributed by atoms with Crippen LogP contribution in [0, 0.1) is 11.3 Å². The highest BCUT2D eigenvalue weighted by Crippen LogP contribution is 2.32. The number of hydrogen-bond donors (Lipinski definition) is 2. The fourth-order valence-corrected chi connectivity index (χ4v) is 3.15. The minimum Gasteiger partial charge on any atom is -0.454 e. The zero-order valence-corrected chi connectivity index (χ0v) is 16.7. The van der Waals surface area contributed by atoms with Gasteiger partial charge in [0, 0.05) is 22.1 Å². The van der Waals surface area contributed by atoms with E-state index in [-0.39, 0.29) is 18.9 Å². The van der Waals surface area contributed by atoms with Gasteiger partial charge in [-0.05, 0) is 35.9 Å². The van der Waals surface area contributed by atoms with Crippen molar-refractivity contribution in [1.82, 2.24) is 15.5 Å². The summed E-state index contributed by atoms with van der Waals surface area (Å²) in [5.41, 5.74) is 3.12. The molecule has 29 heavy (non-hydrogen) atoms. The van der Waals surface area contributed by atoms with Gasteiger partial charge in [-0.25, -0.2) is 0 Å². The predicted octanol–water partition coefficient (Wildman–Crippen LogP) is 3.79. The molecule has 0 atom stereocenters. The highest BCUT2D eigenvalue weighted by Gasteiger charge is 2.15. The molecular weight excluding hydrogens is 436 g/mol. The first-order valence-corrected chi connectivity index (χ1v) is 9.51. The Morgan fingerprint density at radius 3 is 2.83 bits per heavy atom. The smallest absolute Gasteiger partial charge is 0.262 e. The highest BCUT2D eigenvalue weighted by atomic mass is 79.9. The molecule has 4 rings (SSSR count). The van der Waals surface area contributed by atoms with Crippen LogP contribution in [0.15, 0.2) is 58.7 Å². The van der Waals surface area contributed by atoms with Crippen LogP contribution in [0.1, 0.15) is 11.1 Å². The second-order valence-corrected chi connectivity index (χ2v) is 7.16. The Kier molecular flexibility index (Phi) is 5.31. The summed E-state index contributed by atoms with van der Waals surface area (Å²) in [6.07, 6.45) is 3.11. The van der Waals surface area contributed by atoms with Gasteiger partial charge in [0.15, 0.2) is 11.5 Å². The first-order valence-electron chi connectivity index (χ1n) is 8.72. The van der Waals surface area contributed by atoms with E-state index in [9.17, 15) is 10.1 Å². The largest absolute Gasteiger partial charge is 0.454 e. The van der Waals surface area contributed by atoms with Crippen LogP contribution in [0.3, 0.4) is 0 Å². The summed E-state index contributed by atoms with van der Waals surface area (Å²) < 4.78 is 11.6. The molecule has 1 aliphatic rings. The minimum absolute atomic E-state index is 0.00879. The summed E-state index contributed by atoms with van der Waals surface area (Å²) >= 11 is 3.40. The molecule has 1 aliphatic heterocycles. The number of fused-ring (bicyclic) bond motifs is 1. The number of amides is 1. The molecular formula is C21H15BrN4O3. The van der Waals surface area contributed by atoms with Crippen molar-refractivity contribution in [2.75, 3.05) is 6.79 Å². The van der Waals surface area contributed by atoms with Gasteiger partial charge >= 0.3 is 0 Å². The van der Waals surface area contributed by atoms with Gasteiger partial charge in [0.1, 0.15) is 11.6 Å². The van der Waals surface area contributed by atoms with Crippen LogP contribution in [0.5, 0.6) is 11.5 Å². The molecule has 3 aromatic rings. The first kappa shape index (κ1) is 18.8. The summed E-state index contributed by atoms with van der Waals surface area (Å²) in [5.74, 6) is 0.858. The number of nitrogens with zero attached hydrogens (tertiary/aromatic N) is 2. The molecule has 7 nitrogen and oxygen atoms in total. The molecule has 144 valence electrons. The lowest BCUT2D eigenvalue weighted by Gasteiger charge is -2.06. The minimum atomic E-state index is -0.465. The molecule has 0 unspecified atom stereocenters. The molecule has 2 N–H and O–H groups in total. The number of rotatable bonds is 5. The number of ether oxygens (including phenoxy) is 2. The van der Waals surface area contributed by atoms with E-state index in [1.165, 1.54) is 6.08 Å². The third-order valence-electron chi connectivity index (χ3n) is 4.36. The van der Waals surface area contributed by atoms with Crippen LogP contribution in [-0.2, 0) is 11.3 Å². The molecule has 0 bridgehead atoms. The first-order chi connectivity index (χ1) is 14.1. The number of halogens is 1. The molecule has 8 heteroatoms. The lowest BCUT2D eigenvalue weighted by molar-refractivity contribution is -0.117. The normalized spacial score (nSPS) is 12.5. The summed E-state index contributed by atoms with van der Waals surface area (Å²) in [7, 11) is 0. The van der Waals surface area contributed by atoms with Crippen molar-refractivity contribution in [2.45, 2.75) is 6.54 Å². The number of benzene rings is 2. The Morgan fingerprint density at radius 1 is 1.24 bits per heavy atom. The lowest BCUT2D eigenvalue weighted by atomic mass is 10.1. The van der Waals surface area contributed by atoms with Gasteiger partial charge < -0.3 is 14.8 Å². The number of carbonyl (C=O) groups excluding carboxylic acids is 1. The molecule has 0 saturated carbocycles. The number of hydrogen-bond acceptors (Lipinski definition) is 5. The Labute approximate surface area is 175 Å². The molecule has 1 amide bonds. The third kappa shape index (κ3) is 4.15. The number of aromatic nitrogens is 2. The summed E-state index contributed by atoms with van der Waals surface area (Å²) in [5, 5.41) is 19.2. The van der Waals surface area contributed by atoms with Crippen LogP contribution < -0.4 is 14.8 Å². The number of nitriles is 1. The molecule has 0 spiro atoms. The van der Waals surface area contributed by atoms with Gasteiger partial charge in [0.05, 0.1) is 11.9 Å². The monoisotopic (exact) mass is 450 g/mol. The third-order valence-corrected chi connectivity index (χ3v) is 4.89. The number of aromatic amines is 1. The van der Waals surface area contributed by atoms with Gasteiger partial charge in [-0.1, -0.05) is 34.1 Å². The molecule has 0 fully saturated rings. The van der Waals surface area contributed by atoms with Crippen molar-refractivity contribution in [3.05, 3.63) is 69.8 Å². The van der Waals surface area contributed by atoms with Gasteiger partial charge in [0.25, 0.3) is 5.91 Å². The maximum absolute atomic E-state index is 12.5. The quantitative estimate of drug-likeness (QED) is 0.454. The standard InChI is InChI=1S/C21H15BrN4O3/c22-17-4-2-14(3-5-17)20-16(11-25-26-20)8-15(9-23)21(27)24-10-13-1-6-18-19(7-13)29-12-28-18/h1-8,11H,10,12H2,(H,24,27)(H,25,26)/b15-8+. The van der Waals surface area contributed by atoms with Crippen molar-refractivity contribution in [3.8, 4) is 28.8 Å². The van der Waals surface area contributed by atoms with Crippen LogP contribution in [0.4, 0.5) is 0 Å². The van der Waals surface area contributed by atoms with Gasteiger partial charge in [0.2, 0.25) is 6.79 Å². The summed E-state index contributed by atoms with van der Waals surface area (Å²) in [6.45, 7) is 0.456. The zero-order chi connectivity index (χ0) is 20.2. The van der Waals surface area contributed by atoms with Crippen molar-refractivity contribution in [2.24, 2.45) is 0 Å². The average molecular weight is 451 g/mol. The fraction of sp³-hybridized carbons (Fsp3) is 0.0952. The van der Waals surface area contributed by atoms with E-state index in [2.05, 4.69) is 31.4 Å². The van der Waals surface area contributed by atoms with Gasteiger partial charge in [-0.15, -0.1) is 0 Å². The molecule has 2 heterocycles. The Balaban J connectivity index is 1.49. The fourth-order valence-electron chi connectivity index (χ4n) is 2.89. The second kappa shape index (κ2) is 8.20. The number of carbonyl (C=O) groups is 1. The van der Waals surface area contributed by atoms with E-state index in [4.69, 9.17) is 9.47 Å². The van der Waals surface area contributed by atoms with Gasteiger partial charge in [-0.2, -0.15) is 10.4 Å². The van der Waals surface area contributed by atoms with Crippen molar-refractivity contribution in [1.29, 1.82) is 5.26 Å². The van der Waals surface area contributed by atoms with E-state index < -0.39 is 5.91 Å². The highest BCUT2D eigenvalue weighted by molar-refractivity contribution is 9.10. The summed E-state index contributed by atoms with van der Waals surface area (Å²) in [4.78, 5) is 12.5. The van der Waals surface area contributed by atoms with Crippen LogP contribution in [-0.4, -0.2) is 22.9 Å². The Hall–Kier alpha value is -3.57. The van der Waals surface area contributed by atoms with E-state index in [1.807, 2.05) is 36.4 Å². The molecule has 0 aliphatic carbocycles. The van der Waals surface area contributed by atoms with Crippen molar-refractivity contribution >= 4 is 27.9 Å². The maximum atomic E-state index is 12.5. The van der Waals surface area contributed by atoms with E-state index in [0.29, 0.717) is 17.1 Å².